The lowest BCUT2D eigenvalue weighted by molar-refractivity contribution is -0.137. The number of pyridine rings is 1. The van der Waals surface area contributed by atoms with Crippen molar-refractivity contribution in [2.45, 2.75) is 25.7 Å². The number of nitrogens with zero attached hydrogens (tertiary/aromatic N) is 3. The molecule has 2 rings (SSSR count). The average Bonchev–Trinajstić information content (AvgIpc) is 2.84. The Hall–Kier alpha value is -2.24. The Morgan fingerprint density at radius 2 is 2.22 bits per heavy atom. The van der Waals surface area contributed by atoms with Gasteiger partial charge >= 0.3 is 5.97 Å². The lowest BCUT2D eigenvalue weighted by Gasteiger charge is -1.93. The van der Waals surface area contributed by atoms with Gasteiger partial charge in [-0.05, 0) is 25.0 Å². The van der Waals surface area contributed by atoms with Gasteiger partial charge in [-0.2, -0.15) is 4.98 Å². The van der Waals surface area contributed by atoms with Crippen LogP contribution in [-0.2, 0) is 11.2 Å². The lowest BCUT2D eigenvalue weighted by atomic mass is 10.2. The fourth-order valence-electron chi connectivity index (χ4n) is 1.51. The molecule has 2 aromatic rings. The molecule has 0 unspecified atom stereocenters. The lowest BCUT2D eigenvalue weighted by Crippen LogP contribution is -1.95. The van der Waals surface area contributed by atoms with Gasteiger partial charge in [0.25, 0.3) is 0 Å². The van der Waals surface area contributed by atoms with Gasteiger partial charge in [0.1, 0.15) is 5.69 Å². The van der Waals surface area contributed by atoms with Gasteiger partial charge in [0, 0.05) is 19.0 Å². The molecule has 18 heavy (non-hydrogen) atoms. The highest BCUT2D eigenvalue weighted by atomic mass is 16.5. The van der Waals surface area contributed by atoms with Crippen LogP contribution in [0.15, 0.2) is 28.9 Å². The number of carbonyl (C=O) groups is 1. The van der Waals surface area contributed by atoms with Crippen LogP contribution < -0.4 is 0 Å². The van der Waals surface area contributed by atoms with Crippen molar-refractivity contribution in [3.63, 3.8) is 0 Å². The Labute approximate surface area is 104 Å². The van der Waals surface area contributed by atoms with Crippen molar-refractivity contribution in [3.8, 4) is 11.5 Å². The van der Waals surface area contributed by atoms with Crippen LogP contribution in [0.2, 0.25) is 0 Å². The summed E-state index contributed by atoms with van der Waals surface area (Å²) in [7, 11) is 0. The number of hydrogen-bond donors (Lipinski definition) is 1. The predicted octanol–water partition coefficient (Wildman–Crippen LogP) is 1.93. The van der Waals surface area contributed by atoms with E-state index in [1.807, 2.05) is 12.1 Å². The van der Waals surface area contributed by atoms with Crippen molar-refractivity contribution in [3.05, 3.63) is 30.3 Å². The Bertz CT molecular complexity index is 510. The predicted molar refractivity (Wildman–Crippen MR) is 62.7 cm³/mol. The van der Waals surface area contributed by atoms with E-state index in [1.165, 1.54) is 0 Å². The molecular weight excluding hydrogens is 234 g/mol. The molecule has 0 aliphatic rings. The molecule has 6 heteroatoms. The molecule has 6 nitrogen and oxygen atoms in total. The van der Waals surface area contributed by atoms with Gasteiger partial charge in [-0.1, -0.05) is 11.2 Å². The van der Waals surface area contributed by atoms with Gasteiger partial charge in [-0.25, -0.2) is 0 Å². The first-order valence-electron chi connectivity index (χ1n) is 5.71. The van der Waals surface area contributed by atoms with E-state index in [9.17, 15) is 4.79 Å². The molecule has 0 aliphatic carbocycles. The SMILES string of the molecule is O=C(O)CCCCc1nc(-c2ccccn2)no1. The molecule has 0 radical (unpaired) electrons. The number of aliphatic carboxylic acids is 1. The molecule has 0 aromatic carbocycles. The van der Waals surface area contributed by atoms with Crippen LogP contribution in [0.3, 0.4) is 0 Å². The van der Waals surface area contributed by atoms with Gasteiger partial charge in [0.15, 0.2) is 0 Å². The number of carboxylic acids is 1. The molecule has 0 spiro atoms. The van der Waals surface area contributed by atoms with E-state index in [0.717, 1.165) is 6.42 Å². The first-order valence-corrected chi connectivity index (χ1v) is 5.71. The molecule has 0 aliphatic heterocycles. The molecule has 0 saturated carbocycles. The molecule has 0 saturated heterocycles. The summed E-state index contributed by atoms with van der Waals surface area (Å²) in [5.74, 6) is 0.194. The van der Waals surface area contributed by atoms with Crippen LogP contribution in [0.5, 0.6) is 0 Å². The molecule has 0 amide bonds. The van der Waals surface area contributed by atoms with Crippen LogP contribution in [0.4, 0.5) is 0 Å². The zero-order chi connectivity index (χ0) is 12.8. The molecule has 94 valence electrons. The topological polar surface area (TPSA) is 89.1 Å². The zero-order valence-electron chi connectivity index (χ0n) is 9.74. The van der Waals surface area contributed by atoms with Crippen LogP contribution in [-0.4, -0.2) is 26.2 Å². The van der Waals surface area contributed by atoms with Crippen molar-refractivity contribution in [1.29, 1.82) is 0 Å². The molecule has 2 heterocycles. The van der Waals surface area contributed by atoms with Crippen LogP contribution >= 0.6 is 0 Å². The number of aromatic nitrogens is 3. The summed E-state index contributed by atoms with van der Waals surface area (Å²) < 4.78 is 5.08. The summed E-state index contributed by atoms with van der Waals surface area (Å²) in [4.78, 5) is 18.7. The zero-order valence-corrected chi connectivity index (χ0v) is 9.74. The maximum atomic E-state index is 10.3. The van der Waals surface area contributed by atoms with E-state index in [0.29, 0.717) is 30.3 Å². The van der Waals surface area contributed by atoms with Gasteiger partial charge in [-0.15, -0.1) is 0 Å². The van der Waals surface area contributed by atoms with Gasteiger partial charge < -0.3 is 9.63 Å². The normalized spacial score (nSPS) is 10.4. The highest BCUT2D eigenvalue weighted by Gasteiger charge is 2.09. The van der Waals surface area contributed by atoms with Crippen molar-refractivity contribution in [1.82, 2.24) is 15.1 Å². The first kappa shape index (κ1) is 12.2. The molecule has 0 atom stereocenters. The first-order chi connectivity index (χ1) is 8.75. The smallest absolute Gasteiger partial charge is 0.303 e. The number of carboxylic acid groups (broad SMARTS) is 1. The maximum Gasteiger partial charge on any atom is 0.303 e. The van der Waals surface area contributed by atoms with E-state index >= 15 is 0 Å². The van der Waals surface area contributed by atoms with Gasteiger partial charge in [-0.3, -0.25) is 9.78 Å². The highest BCUT2D eigenvalue weighted by molar-refractivity contribution is 5.66. The second-order valence-electron chi connectivity index (χ2n) is 3.83. The largest absolute Gasteiger partial charge is 0.481 e. The summed E-state index contributed by atoms with van der Waals surface area (Å²) in [6.45, 7) is 0. The van der Waals surface area contributed by atoms with Crippen molar-refractivity contribution in [2.24, 2.45) is 0 Å². The van der Waals surface area contributed by atoms with Gasteiger partial charge in [0.05, 0.1) is 0 Å². The fourth-order valence-corrected chi connectivity index (χ4v) is 1.51. The standard InChI is InChI=1S/C12H13N3O3/c16-11(17)7-2-1-6-10-14-12(15-18-10)9-5-3-4-8-13-9/h3-5,8H,1-2,6-7H2,(H,16,17). The molecule has 1 N–H and O–H groups in total. The maximum absolute atomic E-state index is 10.3. The van der Waals surface area contributed by atoms with Crippen molar-refractivity contribution >= 4 is 5.97 Å². The summed E-state index contributed by atoms with van der Waals surface area (Å²) in [5.41, 5.74) is 0.665. The monoisotopic (exact) mass is 247 g/mol. The minimum atomic E-state index is -0.783. The molecular formula is C12H13N3O3. The third kappa shape index (κ3) is 3.38. The third-order valence-corrected chi connectivity index (χ3v) is 2.39. The molecule has 0 fully saturated rings. The van der Waals surface area contributed by atoms with E-state index < -0.39 is 5.97 Å². The van der Waals surface area contributed by atoms with Gasteiger partial charge in [0.2, 0.25) is 11.7 Å². The van der Waals surface area contributed by atoms with E-state index in [2.05, 4.69) is 15.1 Å². The number of hydrogen-bond acceptors (Lipinski definition) is 5. The second kappa shape index (κ2) is 5.90. The Morgan fingerprint density at radius 1 is 1.33 bits per heavy atom. The Balaban J connectivity index is 1.89. The third-order valence-electron chi connectivity index (χ3n) is 2.39. The minimum absolute atomic E-state index is 0.168. The summed E-state index contributed by atoms with van der Waals surface area (Å²) in [6, 6.07) is 5.47. The van der Waals surface area contributed by atoms with E-state index in [4.69, 9.17) is 9.63 Å². The van der Waals surface area contributed by atoms with Crippen molar-refractivity contribution in [2.75, 3.05) is 0 Å². The number of unbranched alkanes of at least 4 members (excludes halogenated alkanes) is 1. The number of rotatable bonds is 6. The summed E-state index contributed by atoms with van der Waals surface area (Å²) in [5, 5.41) is 12.3. The fraction of sp³-hybridized carbons (Fsp3) is 0.333. The van der Waals surface area contributed by atoms with Crippen LogP contribution in [0.1, 0.15) is 25.2 Å². The van der Waals surface area contributed by atoms with Crippen LogP contribution in [0.25, 0.3) is 11.5 Å². The summed E-state index contributed by atoms with van der Waals surface area (Å²) in [6.07, 6.45) is 3.75. The second-order valence-corrected chi connectivity index (χ2v) is 3.83. The Kier molecular flexibility index (Phi) is 4.01. The van der Waals surface area contributed by atoms with E-state index in [-0.39, 0.29) is 6.42 Å². The number of aryl methyl sites for hydroxylation is 1. The molecule has 0 bridgehead atoms. The van der Waals surface area contributed by atoms with E-state index in [1.54, 1.807) is 12.3 Å². The highest BCUT2D eigenvalue weighted by Crippen LogP contribution is 2.13. The van der Waals surface area contributed by atoms with Crippen LogP contribution in [0, 0.1) is 0 Å². The molecule has 2 aromatic heterocycles. The summed E-state index contributed by atoms with van der Waals surface area (Å²) >= 11 is 0. The Morgan fingerprint density at radius 3 is 2.94 bits per heavy atom. The average molecular weight is 247 g/mol. The van der Waals surface area contributed by atoms with Crippen molar-refractivity contribution < 1.29 is 14.4 Å². The quantitative estimate of drug-likeness (QED) is 0.784. The minimum Gasteiger partial charge on any atom is -0.481 e.